The maximum Gasteiger partial charge on any atom is 0.263 e. The van der Waals surface area contributed by atoms with Gasteiger partial charge in [0.05, 0.1) is 23.8 Å². The average Bonchev–Trinajstić information content (AvgIpc) is 3.59. The molecule has 0 atom stereocenters. The van der Waals surface area contributed by atoms with Gasteiger partial charge < -0.3 is 14.8 Å². The van der Waals surface area contributed by atoms with Crippen molar-refractivity contribution in [3.05, 3.63) is 41.3 Å². The first-order valence-corrected chi connectivity index (χ1v) is 13.1. The van der Waals surface area contributed by atoms with Crippen LogP contribution in [0.4, 0.5) is 5.82 Å². The zero-order chi connectivity index (χ0) is 22.8. The number of nitrogens with one attached hydrogen (secondary N) is 1. The van der Waals surface area contributed by atoms with E-state index in [2.05, 4.69) is 20.3 Å². The molecule has 9 nitrogen and oxygen atoms in total. The van der Waals surface area contributed by atoms with E-state index in [-0.39, 0.29) is 5.91 Å². The van der Waals surface area contributed by atoms with Crippen LogP contribution in [0, 0.1) is 6.92 Å². The maximum atomic E-state index is 12.8. The number of hydrogen-bond acceptors (Lipinski definition) is 8. The van der Waals surface area contributed by atoms with Crippen LogP contribution >= 0.6 is 23.1 Å². The Bertz CT molecular complexity index is 1260. The zero-order valence-corrected chi connectivity index (χ0v) is 20.3. The number of anilines is 1. The number of nitrogens with zero attached hydrogens (tertiary/aromatic N) is 7. The second kappa shape index (κ2) is 9.52. The van der Waals surface area contributed by atoms with E-state index in [1.807, 2.05) is 53.2 Å². The monoisotopic (exact) mass is 482 g/mol. The van der Waals surface area contributed by atoms with Crippen LogP contribution < -0.4 is 10.2 Å². The van der Waals surface area contributed by atoms with Gasteiger partial charge in [-0.2, -0.15) is 5.10 Å². The van der Waals surface area contributed by atoms with Crippen molar-refractivity contribution in [3.8, 4) is 5.13 Å². The number of aryl methyl sites for hydroxylation is 1. The molecule has 1 saturated heterocycles. The topological polar surface area (TPSA) is 93.8 Å². The summed E-state index contributed by atoms with van der Waals surface area (Å²) in [7, 11) is 0. The molecule has 5 rings (SSSR count). The number of thioether (sulfide) groups is 1. The van der Waals surface area contributed by atoms with Crippen molar-refractivity contribution >= 4 is 45.9 Å². The van der Waals surface area contributed by atoms with E-state index in [4.69, 9.17) is 9.97 Å². The van der Waals surface area contributed by atoms with Gasteiger partial charge in [-0.3, -0.25) is 4.79 Å². The molecule has 1 fully saturated rings. The molecular weight excluding hydrogens is 456 g/mol. The Kier molecular flexibility index (Phi) is 6.32. The van der Waals surface area contributed by atoms with Gasteiger partial charge in [0.2, 0.25) is 0 Å². The first-order valence-electron chi connectivity index (χ1n) is 11.1. The van der Waals surface area contributed by atoms with Crippen molar-refractivity contribution in [3.63, 3.8) is 0 Å². The number of piperidine rings is 1. The Morgan fingerprint density at radius 3 is 2.70 bits per heavy atom. The average molecular weight is 483 g/mol. The smallest absolute Gasteiger partial charge is 0.263 e. The van der Waals surface area contributed by atoms with Gasteiger partial charge in [0.15, 0.2) is 15.9 Å². The summed E-state index contributed by atoms with van der Waals surface area (Å²) in [5.74, 6) is 0.852. The molecule has 0 spiro atoms. The third-order valence-electron chi connectivity index (χ3n) is 5.72. The summed E-state index contributed by atoms with van der Waals surface area (Å²) in [6.07, 6.45) is 11.3. The number of hydrogen-bond donors (Lipinski definition) is 1. The molecule has 0 unspecified atom stereocenters. The minimum Gasteiger partial charge on any atom is -0.356 e. The van der Waals surface area contributed by atoms with E-state index >= 15 is 0 Å². The molecule has 0 aromatic carbocycles. The normalized spacial score (nSPS) is 14.2. The van der Waals surface area contributed by atoms with Crippen LogP contribution in [0.5, 0.6) is 0 Å². The van der Waals surface area contributed by atoms with E-state index in [1.54, 1.807) is 0 Å². The second-order valence-corrected chi connectivity index (χ2v) is 9.69. The van der Waals surface area contributed by atoms with E-state index in [0.717, 1.165) is 45.9 Å². The highest BCUT2D eigenvalue weighted by Crippen LogP contribution is 2.28. The first-order chi connectivity index (χ1) is 16.1. The molecule has 0 radical (unpaired) electrons. The summed E-state index contributed by atoms with van der Waals surface area (Å²) >= 11 is 2.92. The van der Waals surface area contributed by atoms with Crippen LogP contribution in [0.2, 0.25) is 0 Å². The maximum absolute atomic E-state index is 12.8. The standard InChI is InChI=1S/C22H26N8OS2/c1-15-17(33-22(25-15)29-11-6-7-12-29)20(31)23-8-13-30-19-16(14-24-30)18(26-21(27-19)32-2)28-9-4-3-5-10-28/h6-7,11-12,14H,3-5,8-10,13H2,1-2H3,(H,23,31). The van der Waals surface area contributed by atoms with Crippen LogP contribution in [0.3, 0.4) is 0 Å². The molecule has 33 heavy (non-hydrogen) atoms. The van der Waals surface area contributed by atoms with E-state index < -0.39 is 0 Å². The fourth-order valence-corrected chi connectivity index (χ4v) is 5.35. The highest BCUT2D eigenvalue weighted by atomic mass is 32.2. The molecule has 1 aliphatic rings. The number of aromatic nitrogens is 6. The van der Waals surface area contributed by atoms with E-state index in [0.29, 0.717) is 18.0 Å². The summed E-state index contributed by atoms with van der Waals surface area (Å²) in [5.41, 5.74) is 1.54. The van der Waals surface area contributed by atoms with Crippen molar-refractivity contribution < 1.29 is 4.79 Å². The summed E-state index contributed by atoms with van der Waals surface area (Å²) in [4.78, 5) is 29.8. The van der Waals surface area contributed by atoms with Gasteiger partial charge in [-0.25, -0.2) is 19.6 Å². The Morgan fingerprint density at radius 2 is 1.94 bits per heavy atom. The lowest BCUT2D eigenvalue weighted by molar-refractivity contribution is 0.0955. The van der Waals surface area contributed by atoms with Crippen LogP contribution in [0.1, 0.15) is 34.6 Å². The van der Waals surface area contributed by atoms with Gasteiger partial charge in [-0.05, 0) is 44.6 Å². The fourth-order valence-electron chi connectivity index (χ4n) is 4.04. The molecule has 172 valence electrons. The van der Waals surface area contributed by atoms with Gasteiger partial charge in [0.25, 0.3) is 5.91 Å². The number of carbonyl (C=O) groups is 1. The summed E-state index contributed by atoms with van der Waals surface area (Å²) in [6, 6.07) is 3.88. The van der Waals surface area contributed by atoms with Crippen molar-refractivity contribution in [2.75, 3.05) is 30.8 Å². The highest BCUT2D eigenvalue weighted by molar-refractivity contribution is 7.98. The molecule has 1 N–H and O–H groups in total. The largest absolute Gasteiger partial charge is 0.356 e. The van der Waals surface area contributed by atoms with Crippen LogP contribution in [-0.4, -0.2) is 61.1 Å². The number of thiazole rings is 1. The van der Waals surface area contributed by atoms with Crippen LogP contribution in [0.25, 0.3) is 16.2 Å². The lowest BCUT2D eigenvalue weighted by atomic mass is 10.1. The third-order valence-corrected chi connectivity index (χ3v) is 7.44. The fraction of sp³-hybridized carbons (Fsp3) is 0.409. The molecule has 4 aromatic rings. The van der Waals surface area contributed by atoms with Gasteiger partial charge in [0, 0.05) is 32.0 Å². The quantitative estimate of drug-likeness (QED) is 0.318. The second-order valence-electron chi connectivity index (χ2n) is 7.94. The number of fused-ring (bicyclic) bond motifs is 1. The minimum absolute atomic E-state index is 0.117. The lowest BCUT2D eigenvalue weighted by Crippen LogP contribution is -2.30. The molecule has 1 aliphatic heterocycles. The molecule has 0 bridgehead atoms. The first kappa shape index (κ1) is 21.9. The van der Waals surface area contributed by atoms with Crippen LogP contribution in [-0.2, 0) is 6.54 Å². The SMILES string of the molecule is CSc1nc(N2CCCCC2)c2cnn(CCNC(=O)c3sc(-n4cccc4)nc3C)c2n1. The van der Waals surface area contributed by atoms with Crippen molar-refractivity contribution in [1.82, 2.24) is 34.6 Å². The molecule has 5 heterocycles. The number of rotatable bonds is 7. The summed E-state index contributed by atoms with van der Waals surface area (Å²) < 4.78 is 3.77. The Balaban J connectivity index is 1.30. The molecule has 0 aliphatic carbocycles. The highest BCUT2D eigenvalue weighted by Gasteiger charge is 2.20. The lowest BCUT2D eigenvalue weighted by Gasteiger charge is -2.28. The Labute approximate surface area is 200 Å². The van der Waals surface area contributed by atoms with Crippen molar-refractivity contribution in [2.24, 2.45) is 0 Å². The van der Waals surface area contributed by atoms with Gasteiger partial charge in [-0.1, -0.05) is 23.1 Å². The van der Waals surface area contributed by atoms with Crippen LogP contribution in [0.15, 0.2) is 35.9 Å². The Morgan fingerprint density at radius 1 is 1.15 bits per heavy atom. The summed E-state index contributed by atoms with van der Waals surface area (Å²) in [6.45, 7) is 4.87. The van der Waals surface area contributed by atoms with Gasteiger partial charge >= 0.3 is 0 Å². The van der Waals surface area contributed by atoms with E-state index in [1.165, 1.54) is 42.4 Å². The predicted molar refractivity (Wildman–Crippen MR) is 132 cm³/mol. The molecule has 11 heteroatoms. The summed E-state index contributed by atoms with van der Waals surface area (Å²) in [5, 5.41) is 10.1. The number of carbonyl (C=O) groups excluding carboxylic acids is 1. The predicted octanol–water partition coefficient (Wildman–Crippen LogP) is 3.52. The molecule has 0 saturated carbocycles. The van der Waals surface area contributed by atoms with Crippen molar-refractivity contribution in [1.29, 1.82) is 0 Å². The van der Waals surface area contributed by atoms with Crippen molar-refractivity contribution in [2.45, 2.75) is 37.9 Å². The van der Waals surface area contributed by atoms with Gasteiger partial charge in [0.1, 0.15) is 10.7 Å². The molecular formula is C22H26N8OS2. The Hall–Kier alpha value is -2.92. The van der Waals surface area contributed by atoms with Gasteiger partial charge in [-0.15, -0.1) is 0 Å². The zero-order valence-electron chi connectivity index (χ0n) is 18.7. The van der Waals surface area contributed by atoms with E-state index in [9.17, 15) is 4.79 Å². The molecule has 1 amide bonds. The molecule has 4 aromatic heterocycles. The minimum atomic E-state index is -0.117. The number of amides is 1. The third kappa shape index (κ3) is 4.47.